The Kier molecular flexibility index (Phi) is 2.74. The molecule has 5 nitrogen and oxygen atoms in total. The number of imidazole rings is 1. The van der Waals surface area contributed by atoms with Gasteiger partial charge in [-0.15, -0.1) is 0 Å². The molecule has 0 aliphatic carbocycles. The molecule has 0 aliphatic heterocycles. The van der Waals surface area contributed by atoms with E-state index in [1.807, 2.05) is 25.5 Å². The Balaban J connectivity index is 2.36. The normalized spacial score (nSPS) is 11.4. The fourth-order valence-corrected chi connectivity index (χ4v) is 2.54. The van der Waals surface area contributed by atoms with Gasteiger partial charge in [0.2, 0.25) is 5.95 Å². The van der Waals surface area contributed by atoms with Gasteiger partial charge in [-0.1, -0.05) is 6.92 Å². The zero-order chi connectivity index (χ0) is 14.4. The van der Waals surface area contributed by atoms with Crippen LogP contribution in [-0.4, -0.2) is 19.3 Å². The number of hydrogen-bond donors (Lipinski definition) is 1. The lowest BCUT2D eigenvalue weighted by molar-refractivity contribution is 0.626. The Labute approximate surface area is 115 Å². The van der Waals surface area contributed by atoms with Gasteiger partial charge in [0, 0.05) is 7.05 Å². The minimum Gasteiger partial charge on any atom is -0.369 e. The van der Waals surface area contributed by atoms with E-state index in [0.717, 1.165) is 34.5 Å². The van der Waals surface area contributed by atoms with Crippen molar-refractivity contribution in [2.45, 2.75) is 20.3 Å². The fourth-order valence-electron chi connectivity index (χ4n) is 2.54. The van der Waals surface area contributed by atoms with Crippen molar-refractivity contribution in [3.05, 3.63) is 35.3 Å². The van der Waals surface area contributed by atoms with Gasteiger partial charge in [-0.05, 0) is 37.1 Å². The van der Waals surface area contributed by atoms with Crippen LogP contribution in [0.4, 0.5) is 10.3 Å². The second kappa shape index (κ2) is 4.33. The maximum Gasteiger partial charge on any atom is 0.207 e. The van der Waals surface area contributed by atoms with E-state index in [1.165, 1.54) is 12.1 Å². The van der Waals surface area contributed by atoms with Gasteiger partial charge in [0.05, 0.1) is 11.4 Å². The highest BCUT2D eigenvalue weighted by Crippen LogP contribution is 2.27. The number of aryl methyl sites for hydroxylation is 3. The molecule has 6 heteroatoms. The lowest BCUT2D eigenvalue weighted by Gasteiger charge is -2.10. The van der Waals surface area contributed by atoms with Crippen molar-refractivity contribution in [2.24, 2.45) is 7.05 Å². The van der Waals surface area contributed by atoms with Crippen molar-refractivity contribution < 1.29 is 4.39 Å². The average Bonchev–Trinajstić information content (AvgIpc) is 2.87. The van der Waals surface area contributed by atoms with Crippen molar-refractivity contribution in [1.82, 2.24) is 19.3 Å². The number of halogens is 1. The van der Waals surface area contributed by atoms with E-state index in [4.69, 9.17) is 5.73 Å². The van der Waals surface area contributed by atoms with E-state index in [0.29, 0.717) is 5.95 Å². The molecule has 20 heavy (non-hydrogen) atoms. The predicted octanol–water partition coefficient (Wildman–Crippen LogP) is 2.35. The first-order valence-corrected chi connectivity index (χ1v) is 6.49. The molecule has 0 atom stereocenters. The molecule has 0 unspecified atom stereocenters. The lowest BCUT2D eigenvalue weighted by atomic mass is 10.2. The Morgan fingerprint density at radius 1 is 1.35 bits per heavy atom. The zero-order valence-corrected chi connectivity index (χ0v) is 11.7. The third-order valence-electron chi connectivity index (χ3n) is 3.46. The Morgan fingerprint density at radius 2 is 2.10 bits per heavy atom. The Hall–Kier alpha value is -2.37. The molecule has 0 amide bonds. The molecule has 0 spiro atoms. The molecular weight excluding hydrogens is 257 g/mol. The second-order valence-corrected chi connectivity index (χ2v) is 4.83. The number of hydrogen-bond acceptors (Lipinski definition) is 3. The number of benzene rings is 1. The molecule has 0 aliphatic rings. The van der Waals surface area contributed by atoms with Crippen molar-refractivity contribution in [3.63, 3.8) is 0 Å². The van der Waals surface area contributed by atoms with Gasteiger partial charge in [0.15, 0.2) is 5.65 Å². The zero-order valence-electron chi connectivity index (χ0n) is 11.7. The molecule has 0 saturated carbocycles. The molecule has 0 radical (unpaired) electrons. The number of nitrogens with zero attached hydrogens (tertiary/aromatic N) is 4. The van der Waals surface area contributed by atoms with E-state index in [-0.39, 0.29) is 5.82 Å². The maximum absolute atomic E-state index is 13.3. The smallest absolute Gasteiger partial charge is 0.207 e. The number of aromatic nitrogens is 4. The van der Waals surface area contributed by atoms with Gasteiger partial charge in [-0.2, -0.15) is 5.10 Å². The van der Waals surface area contributed by atoms with Crippen molar-refractivity contribution in [3.8, 4) is 5.69 Å². The van der Waals surface area contributed by atoms with E-state index < -0.39 is 0 Å². The molecule has 3 rings (SSSR count). The number of fused-ring (bicyclic) bond motifs is 1. The summed E-state index contributed by atoms with van der Waals surface area (Å²) in [5.74, 6) is 0.123. The SMILES string of the molecule is CCc1nn(C)c2c1nc(N)n2-c1ccc(F)cc1C. The van der Waals surface area contributed by atoms with Crippen molar-refractivity contribution >= 4 is 17.1 Å². The molecule has 104 valence electrons. The van der Waals surface area contributed by atoms with Gasteiger partial charge in [0.1, 0.15) is 11.3 Å². The largest absolute Gasteiger partial charge is 0.369 e. The average molecular weight is 273 g/mol. The van der Waals surface area contributed by atoms with E-state index >= 15 is 0 Å². The molecule has 0 bridgehead atoms. The highest BCUT2D eigenvalue weighted by Gasteiger charge is 2.19. The van der Waals surface area contributed by atoms with Crippen LogP contribution in [0.3, 0.4) is 0 Å². The van der Waals surface area contributed by atoms with Crippen molar-refractivity contribution in [2.75, 3.05) is 5.73 Å². The van der Waals surface area contributed by atoms with Crippen LogP contribution in [0.1, 0.15) is 18.2 Å². The Morgan fingerprint density at radius 3 is 2.75 bits per heavy atom. The van der Waals surface area contributed by atoms with E-state index in [1.54, 1.807) is 10.7 Å². The molecule has 0 fully saturated rings. The molecule has 0 saturated heterocycles. The molecule has 2 heterocycles. The summed E-state index contributed by atoms with van der Waals surface area (Å²) in [5.41, 5.74) is 10.2. The van der Waals surface area contributed by atoms with E-state index in [9.17, 15) is 4.39 Å². The van der Waals surface area contributed by atoms with Crippen LogP contribution in [0.2, 0.25) is 0 Å². The summed E-state index contributed by atoms with van der Waals surface area (Å²) in [6.07, 6.45) is 0.788. The lowest BCUT2D eigenvalue weighted by Crippen LogP contribution is -2.06. The molecule has 2 aromatic heterocycles. The summed E-state index contributed by atoms with van der Waals surface area (Å²) in [6, 6.07) is 4.61. The van der Waals surface area contributed by atoms with Gasteiger partial charge < -0.3 is 5.73 Å². The van der Waals surface area contributed by atoms with Crippen LogP contribution in [-0.2, 0) is 13.5 Å². The first-order valence-electron chi connectivity index (χ1n) is 6.49. The van der Waals surface area contributed by atoms with E-state index in [2.05, 4.69) is 10.1 Å². The summed E-state index contributed by atoms with van der Waals surface area (Å²) in [7, 11) is 1.86. The van der Waals surface area contributed by atoms with Crippen LogP contribution in [0.15, 0.2) is 18.2 Å². The van der Waals surface area contributed by atoms with Gasteiger partial charge >= 0.3 is 0 Å². The summed E-state index contributed by atoms with van der Waals surface area (Å²) in [6.45, 7) is 3.88. The first-order chi connectivity index (χ1) is 9.52. The number of nitrogens with two attached hydrogens (primary N) is 1. The molecule has 2 N–H and O–H groups in total. The Bertz CT molecular complexity index is 800. The topological polar surface area (TPSA) is 61.7 Å². The highest BCUT2D eigenvalue weighted by molar-refractivity contribution is 5.80. The third-order valence-corrected chi connectivity index (χ3v) is 3.46. The minimum atomic E-state index is -0.263. The second-order valence-electron chi connectivity index (χ2n) is 4.83. The minimum absolute atomic E-state index is 0.263. The highest BCUT2D eigenvalue weighted by atomic mass is 19.1. The number of nitrogen functional groups attached to an aromatic ring is 1. The number of rotatable bonds is 2. The van der Waals surface area contributed by atoms with Gasteiger partial charge in [-0.25, -0.2) is 14.1 Å². The molecule has 1 aromatic carbocycles. The monoisotopic (exact) mass is 273 g/mol. The third kappa shape index (κ3) is 1.68. The van der Waals surface area contributed by atoms with Crippen molar-refractivity contribution in [1.29, 1.82) is 0 Å². The first kappa shape index (κ1) is 12.7. The fraction of sp³-hybridized carbons (Fsp3) is 0.286. The predicted molar refractivity (Wildman–Crippen MR) is 76.3 cm³/mol. The standard InChI is InChI=1S/C14H16FN5/c1-4-10-12-13(19(3)18-10)20(14(16)17-12)11-6-5-9(15)7-8(11)2/h5-7H,4H2,1-3H3,(H2,16,17). The van der Waals surface area contributed by atoms with Crippen LogP contribution in [0, 0.1) is 12.7 Å². The summed E-state index contributed by atoms with van der Waals surface area (Å²) < 4.78 is 16.8. The van der Waals surface area contributed by atoms with Gasteiger partial charge in [0.25, 0.3) is 0 Å². The quantitative estimate of drug-likeness (QED) is 0.779. The molecular formula is C14H16FN5. The number of anilines is 1. The summed E-state index contributed by atoms with van der Waals surface area (Å²) in [4.78, 5) is 4.41. The summed E-state index contributed by atoms with van der Waals surface area (Å²) in [5, 5.41) is 4.45. The van der Waals surface area contributed by atoms with Gasteiger partial charge in [-0.3, -0.25) is 4.57 Å². The van der Waals surface area contributed by atoms with Crippen LogP contribution < -0.4 is 5.73 Å². The van der Waals surface area contributed by atoms with Crippen LogP contribution in [0.5, 0.6) is 0 Å². The maximum atomic E-state index is 13.3. The molecule has 3 aromatic rings. The van der Waals surface area contributed by atoms with Crippen LogP contribution >= 0.6 is 0 Å². The summed E-state index contributed by atoms with van der Waals surface area (Å²) >= 11 is 0. The van der Waals surface area contributed by atoms with Crippen LogP contribution in [0.25, 0.3) is 16.9 Å².